The van der Waals surface area contributed by atoms with Gasteiger partial charge in [0.1, 0.15) is 35.1 Å². The molecular weight excluding hydrogens is 454 g/mol. The predicted octanol–water partition coefficient (Wildman–Crippen LogP) is 2.59. The topological polar surface area (TPSA) is 118 Å². The van der Waals surface area contributed by atoms with Crippen molar-refractivity contribution in [3.63, 3.8) is 0 Å². The van der Waals surface area contributed by atoms with E-state index in [9.17, 15) is 17.5 Å². The minimum absolute atomic E-state index is 0.0714. The molecule has 3 aromatic rings. The SMILES string of the molecule is Cc1cnc([C@H](Cc2nnc([C@H]3CCCO3)n2-c2c(F)cccc2F)[C@@H](C)NS(=O)[O-])nc1. The molecule has 0 saturated carbocycles. The molecule has 0 radical (unpaired) electrons. The molecule has 1 unspecified atom stereocenters. The Morgan fingerprint density at radius 3 is 2.58 bits per heavy atom. The lowest BCUT2D eigenvalue weighted by atomic mass is 9.96. The van der Waals surface area contributed by atoms with Crippen molar-refractivity contribution in [2.45, 2.75) is 51.2 Å². The van der Waals surface area contributed by atoms with Gasteiger partial charge in [0.15, 0.2) is 5.82 Å². The van der Waals surface area contributed by atoms with E-state index in [2.05, 4.69) is 24.9 Å². The number of nitrogens with zero attached hydrogens (tertiary/aromatic N) is 5. The average Bonchev–Trinajstić information content (AvgIpc) is 3.42. The molecule has 176 valence electrons. The van der Waals surface area contributed by atoms with E-state index in [1.807, 2.05) is 6.92 Å². The Balaban J connectivity index is 1.81. The maximum Gasteiger partial charge on any atom is 0.167 e. The van der Waals surface area contributed by atoms with Gasteiger partial charge in [0.05, 0.1) is 0 Å². The van der Waals surface area contributed by atoms with E-state index in [1.165, 1.54) is 10.6 Å². The highest BCUT2D eigenvalue weighted by Crippen LogP contribution is 2.33. The molecule has 3 heterocycles. The van der Waals surface area contributed by atoms with E-state index >= 15 is 0 Å². The minimum atomic E-state index is -2.54. The number of benzene rings is 1. The van der Waals surface area contributed by atoms with Crippen LogP contribution in [0.4, 0.5) is 8.78 Å². The Morgan fingerprint density at radius 1 is 1.27 bits per heavy atom. The molecular formula is C21H23F2N6O3S-. The number of aryl methyl sites for hydroxylation is 1. The lowest BCUT2D eigenvalue weighted by molar-refractivity contribution is 0.103. The summed E-state index contributed by atoms with van der Waals surface area (Å²) in [5, 5.41) is 8.44. The molecule has 33 heavy (non-hydrogen) atoms. The molecule has 1 aromatic carbocycles. The standard InChI is InChI=1S/C21H24F2N6O3S/c1-12-10-24-20(25-11-12)14(13(2)28-33(30)31)9-18-26-27-21(17-7-4-8-32-17)29(18)19-15(22)5-3-6-16(19)23/h3,5-6,10-11,13-14,17,28H,4,7-9H2,1-2H3,(H,30,31)/p-1/t13-,14-,17-/m1/s1. The molecule has 0 amide bonds. The third kappa shape index (κ3) is 5.13. The second-order valence-corrected chi connectivity index (χ2v) is 8.66. The molecule has 1 aliphatic heterocycles. The van der Waals surface area contributed by atoms with Crippen molar-refractivity contribution in [1.29, 1.82) is 0 Å². The third-order valence-electron chi connectivity index (χ3n) is 5.55. The largest absolute Gasteiger partial charge is 0.760 e. The molecule has 1 saturated heterocycles. The van der Waals surface area contributed by atoms with Crippen LogP contribution in [0.5, 0.6) is 0 Å². The van der Waals surface area contributed by atoms with Crippen LogP contribution in [0.25, 0.3) is 5.69 Å². The maximum atomic E-state index is 14.8. The maximum absolute atomic E-state index is 14.8. The quantitative estimate of drug-likeness (QED) is 0.496. The van der Waals surface area contributed by atoms with E-state index in [0.29, 0.717) is 24.7 Å². The number of hydrogen-bond donors (Lipinski definition) is 1. The Morgan fingerprint density at radius 2 is 1.97 bits per heavy atom. The summed E-state index contributed by atoms with van der Waals surface area (Å²) in [5.74, 6) is -1.23. The number of rotatable bonds is 8. The van der Waals surface area contributed by atoms with Crippen LogP contribution in [0.15, 0.2) is 30.6 Å². The van der Waals surface area contributed by atoms with E-state index < -0.39 is 41.0 Å². The summed E-state index contributed by atoms with van der Waals surface area (Å²) >= 11 is -2.54. The Kier molecular flexibility index (Phi) is 7.17. The highest BCUT2D eigenvalue weighted by molar-refractivity contribution is 7.77. The van der Waals surface area contributed by atoms with Crippen LogP contribution in [0.1, 0.15) is 54.8 Å². The van der Waals surface area contributed by atoms with Crippen LogP contribution >= 0.6 is 0 Å². The van der Waals surface area contributed by atoms with Crippen LogP contribution < -0.4 is 4.72 Å². The van der Waals surface area contributed by atoms with Crippen molar-refractivity contribution in [1.82, 2.24) is 29.5 Å². The molecule has 0 bridgehead atoms. The molecule has 0 aliphatic carbocycles. The zero-order valence-corrected chi connectivity index (χ0v) is 18.9. The van der Waals surface area contributed by atoms with Gasteiger partial charge in [0, 0.05) is 48.6 Å². The highest BCUT2D eigenvalue weighted by Gasteiger charge is 2.31. The first-order valence-corrected chi connectivity index (χ1v) is 11.6. The van der Waals surface area contributed by atoms with Gasteiger partial charge in [0.2, 0.25) is 0 Å². The summed E-state index contributed by atoms with van der Waals surface area (Å²) in [4.78, 5) is 8.69. The molecule has 9 nitrogen and oxygen atoms in total. The summed E-state index contributed by atoms with van der Waals surface area (Å²) in [6.07, 6.45) is 4.30. The number of aromatic nitrogens is 5. The van der Waals surface area contributed by atoms with Gasteiger partial charge in [-0.1, -0.05) is 6.07 Å². The second-order valence-electron chi connectivity index (χ2n) is 7.95. The lowest BCUT2D eigenvalue weighted by Gasteiger charge is -2.25. The van der Waals surface area contributed by atoms with Gasteiger partial charge in [-0.3, -0.25) is 8.78 Å². The normalized spacial score (nSPS) is 18.9. The van der Waals surface area contributed by atoms with Gasteiger partial charge in [0.25, 0.3) is 0 Å². The van der Waals surface area contributed by atoms with Crippen molar-refractivity contribution in [2.75, 3.05) is 6.61 Å². The molecule has 1 fully saturated rings. The van der Waals surface area contributed by atoms with Gasteiger partial charge in [-0.25, -0.2) is 23.5 Å². The summed E-state index contributed by atoms with van der Waals surface area (Å²) < 4.78 is 61.7. The molecule has 1 aliphatic rings. The van der Waals surface area contributed by atoms with E-state index in [4.69, 9.17) is 4.74 Å². The van der Waals surface area contributed by atoms with Crippen molar-refractivity contribution in [3.05, 3.63) is 65.3 Å². The van der Waals surface area contributed by atoms with Gasteiger partial charge < -0.3 is 9.29 Å². The van der Waals surface area contributed by atoms with Crippen LogP contribution in [0, 0.1) is 18.6 Å². The first kappa shape index (κ1) is 23.5. The van der Waals surface area contributed by atoms with Gasteiger partial charge in [-0.15, -0.1) is 10.2 Å². The van der Waals surface area contributed by atoms with E-state index in [-0.39, 0.29) is 17.9 Å². The fraction of sp³-hybridized carbons (Fsp3) is 0.429. The lowest BCUT2D eigenvalue weighted by Crippen LogP contribution is -2.36. The molecule has 1 N–H and O–H groups in total. The fourth-order valence-corrected chi connectivity index (χ4v) is 4.38. The smallest absolute Gasteiger partial charge is 0.167 e. The number of para-hydroxylation sites is 1. The van der Waals surface area contributed by atoms with Gasteiger partial charge >= 0.3 is 0 Å². The van der Waals surface area contributed by atoms with Crippen LogP contribution in [-0.4, -0.2) is 46.1 Å². The molecule has 12 heteroatoms. The molecule has 4 rings (SSSR count). The van der Waals surface area contributed by atoms with Crippen LogP contribution in [0.2, 0.25) is 0 Å². The third-order valence-corrected chi connectivity index (χ3v) is 6.12. The predicted molar refractivity (Wildman–Crippen MR) is 114 cm³/mol. The molecule has 4 atom stereocenters. The monoisotopic (exact) mass is 477 g/mol. The summed E-state index contributed by atoms with van der Waals surface area (Å²) in [6, 6.07) is 2.97. The second kappa shape index (κ2) is 10.1. The highest BCUT2D eigenvalue weighted by atomic mass is 32.2. The summed E-state index contributed by atoms with van der Waals surface area (Å²) in [6.45, 7) is 4.01. The van der Waals surface area contributed by atoms with E-state index in [0.717, 1.165) is 24.1 Å². The first-order chi connectivity index (χ1) is 15.8. The Labute approximate surface area is 192 Å². The first-order valence-electron chi connectivity index (χ1n) is 10.5. The fourth-order valence-electron chi connectivity index (χ4n) is 3.91. The molecule has 0 spiro atoms. The van der Waals surface area contributed by atoms with Crippen LogP contribution in [-0.2, 0) is 22.4 Å². The Bertz CT molecular complexity index is 1120. The Hall–Kier alpha value is -2.67. The van der Waals surface area contributed by atoms with Crippen molar-refractivity contribution >= 4 is 11.3 Å². The van der Waals surface area contributed by atoms with Gasteiger partial charge in [-0.2, -0.15) is 0 Å². The summed E-state index contributed by atoms with van der Waals surface area (Å²) in [7, 11) is 0. The number of halogens is 2. The average molecular weight is 478 g/mol. The van der Waals surface area contributed by atoms with Gasteiger partial charge in [-0.05, 0) is 44.4 Å². The van der Waals surface area contributed by atoms with Crippen molar-refractivity contribution < 1.29 is 22.3 Å². The van der Waals surface area contributed by atoms with Crippen molar-refractivity contribution in [2.24, 2.45) is 0 Å². The zero-order chi connectivity index (χ0) is 23.5. The summed E-state index contributed by atoms with van der Waals surface area (Å²) in [5.41, 5.74) is 0.530. The number of ether oxygens (including phenoxy) is 1. The number of nitrogens with one attached hydrogen (secondary N) is 1. The zero-order valence-electron chi connectivity index (χ0n) is 18.1. The van der Waals surface area contributed by atoms with E-state index in [1.54, 1.807) is 19.3 Å². The number of hydrogen-bond acceptors (Lipinski definition) is 7. The van der Waals surface area contributed by atoms with Crippen molar-refractivity contribution in [3.8, 4) is 5.69 Å². The van der Waals surface area contributed by atoms with Crippen LogP contribution in [0.3, 0.4) is 0 Å². The minimum Gasteiger partial charge on any atom is -0.760 e. The molecule has 2 aromatic heterocycles.